The van der Waals surface area contributed by atoms with Crippen molar-refractivity contribution in [3.05, 3.63) is 69.2 Å². The molecule has 1 aliphatic carbocycles. The van der Waals surface area contributed by atoms with Crippen LogP contribution in [0.3, 0.4) is 0 Å². The molecule has 2 aromatic carbocycles. The highest BCUT2D eigenvalue weighted by Crippen LogP contribution is 2.40. The van der Waals surface area contributed by atoms with E-state index >= 15 is 0 Å². The van der Waals surface area contributed by atoms with E-state index in [1.54, 1.807) is 0 Å². The molecule has 0 fully saturated rings. The fraction of sp³-hybridized carbons (Fsp3) is 0.294. The van der Waals surface area contributed by atoms with Crippen LogP contribution in [0.2, 0.25) is 10.0 Å². The predicted molar refractivity (Wildman–Crippen MR) is 85.5 cm³/mol. The Morgan fingerprint density at radius 1 is 0.950 bits per heavy atom. The molecule has 104 valence electrons. The minimum absolute atomic E-state index is 0.0675. The summed E-state index contributed by atoms with van der Waals surface area (Å²) in [6, 6.07) is 14.4. The van der Waals surface area contributed by atoms with Crippen molar-refractivity contribution in [2.45, 2.75) is 19.3 Å². The van der Waals surface area contributed by atoms with Crippen LogP contribution < -0.4 is 5.73 Å². The van der Waals surface area contributed by atoms with E-state index in [9.17, 15) is 0 Å². The standard InChI is InChI=1S/C17H17Cl2N/c18-15-7-3-6-14(16(15)19)10-17(11-20)8-12-4-1-2-5-13(12)9-17/h1-7H,8-11,20H2. The summed E-state index contributed by atoms with van der Waals surface area (Å²) in [6.07, 6.45) is 2.91. The first-order valence-electron chi connectivity index (χ1n) is 6.83. The van der Waals surface area contributed by atoms with Crippen LogP contribution in [-0.4, -0.2) is 6.54 Å². The third-order valence-electron chi connectivity index (χ3n) is 4.28. The number of rotatable bonds is 3. The Morgan fingerprint density at radius 3 is 2.20 bits per heavy atom. The van der Waals surface area contributed by atoms with Crippen LogP contribution in [0.25, 0.3) is 0 Å². The van der Waals surface area contributed by atoms with E-state index in [1.165, 1.54) is 11.1 Å². The fourth-order valence-corrected chi connectivity index (χ4v) is 3.59. The van der Waals surface area contributed by atoms with Crippen molar-refractivity contribution in [1.82, 2.24) is 0 Å². The number of nitrogens with two attached hydrogens (primary N) is 1. The van der Waals surface area contributed by atoms with Crippen molar-refractivity contribution in [1.29, 1.82) is 0 Å². The van der Waals surface area contributed by atoms with E-state index in [4.69, 9.17) is 28.9 Å². The van der Waals surface area contributed by atoms with Crippen LogP contribution in [0.5, 0.6) is 0 Å². The Kier molecular flexibility index (Phi) is 3.76. The highest BCUT2D eigenvalue weighted by atomic mass is 35.5. The third kappa shape index (κ3) is 2.46. The molecule has 20 heavy (non-hydrogen) atoms. The van der Waals surface area contributed by atoms with Gasteiger partial charge in [0.1, 0.15) is 0 Å². The van der Waals surface area contributed by atoms with Gasteiger partial charge in [-0.05, 0) is 54.0 Å². The molecule has 0 spiro atoms. The molecule has 0 radical (unpaired) electrons. The summed E-state index contributed by atoms with van der Waals surface area (Å²) in [6.45, 7) is 0.657. The Hall–Kier alpha value is -1.02. The molecule has 0 atom stereocenters. The SMILES string of the molecule is NCC1(Cc2cccc(Cl)c2Cl)Cc2ccccc2C1. The van der Waals surface area contributed by atoms with Crippen LogP contribution in [-0.2, 0) is 19.3 Å². The van der Waals surface area contributed by atoms with Crippen LogP contribution in [0.1, 0.15) is 16.7 Å². The average molecular weight is 306 g/mol. The maximum atomic E-state index is 6.33. The van der Waals surface area contributed by atoms with Crippen LogP contribution >= 0.6 is 23.2 Å². The zero-order valence-electron chi connectivity index (χ0n) is 11.2. The van der Waals surface area contributed by atoms with Crippen molar-refractivity contribution in [3.63, 3.8) is 0 Å². The van der Waals surface area contributed by atoms with Crippen molar-refractivity contribution in [2.24, 2.45) is 11.1 Å². The van der Waals surface area contributed by atoms with Gasteiger partial charge in [0.15, 0.2) is 0 Å². The minimum Gasteiger partial charge on any atom is -0.330 e. The van der Waals surface area contributed by atoms with Gasteiger partial charge in [0.2, 0.25) is 0 Å². The third-order valence-corrected chi connectivity index (χ3v) is 5.14. The smallest absolute Gasteiger partial charge is 0.0624 e. The number of hydrogen-bond acceptors (Lipinski definition) is 1. The average Bonchev–Trinajstić information content (AvgIpc) is 2.83. The van der Waals surface area contributed by atoms with Gasteiger partial charge in [0.25, 0.3) is 0 Å². The van der Waals surface area contributed by atoms with Gasteiger partial charge >= 0.3 is 0 Å². The zero-order chi connectivity index (χ0) is 14.2. The summed E-state index contributed by atoms with van der Waals surface area (Å²) in [5, 5.41) is 1.28. The van der Waals surface area contributed by atoms with E-state index in [0.717, 1.165) is 24.8 Å². The van der Waals surface area contributed by atoms with Gasteiger partial charge < -0.3 is 5.73 Å². The lowest BCUT2D eigenvalue weighted by atomic mass is 9.79. The number of fused-ring (bicyclic) bond motifs is 1. The van der Waals surface area contributed by atoms with Crippen molar-refractivity contribution in [2.75, 3.05) is 6.54 Å². The van der Waals surface area contributed by atoms with Crippen molar-refractivity contribution >= 4 is 23.2 Å². The Balaban J connectivity index is 1.91. The van der Waals surface area contributed by atoms with Crippen LogP contribution in [0, 0.1) is 5.41 Å². The van der Waals surface area contributed by atoms with Gasteiger partial charge in [-0.15, -0.1) is 0 Å². The molecular formula is C17H17Cl2N. The molecule has 0 saturated carbocycles. The second-order valence-electron chi connectivity index (χ2n) is 5.72. The lowest BCUT2D eigenvalue weighted by molar-refractivity contribution is 0.315. The number of halogens is 2. The maximum Gasteiger partial charge on any atom is 0.0624 e. The van der Waals surface area contributed by atoms with Gasteiger partial charge in [-0.2, -0.15) is 0 Å². The Bertz CT molecular complexity index is 612. The summed E-state index contributed by atoms with van der Waals surface area (Å²) in [4.78, 5) is 0. The minimum atomic E-state index is 0.0675. The fourth-order valence-electron chi connectivity index (χ4n) is 3.20. The Labute approximate surface area is 129 Å². The zero-order valence-corrected chi connectivity index (χ0v) is 12.7. The molecule has 2 N–H and O–H groups in total. The molecule has 0 heterocycles. The molecule has 0 aromatic heterocycles. The first-order chi connectivity index (χ1) is 9.63. The topological polar surface area (TPSA) is 26.0 Å². The van der Waals surface area contributed by atoms with E-state index < -0.39 is 0 Å². The molecule has 3 rings (SSSR count). The summed E-state index contributed by atoms with van der Waals surface area (Å²) < 4.78 is 0. The van der Waals surface area contributed by atoms with E-state index in [-0.39, 0.29) is 5.41 Å². The molecule has 1 nitrogen and oxygen atoms in total. The molecule has 2 aromatic rings. The summed E-state index contributed by atoms with van der Waals surface area (Å²) in [5.41, 5.74) is 10.1. The van der Waals surface area contributed by atoms with E-state index in [0.29, 0.717) is 16.6 Å². The lowest BCUT2D eigenvalue weighted by Gasteiger charge is -2.28. The molecule has 1 aliphatic rings. The van der Waals surface area contributed by atoms with Gasteiger partial charge in [0, 0.05) is 0 Å². The molecule has 0 amide bonds. The Morgan fingerprint density at radius 2 is 1.60 bits per heavy atom. The van der Waals surface area contributed by atoms with Gasteiger partial charge in [0.05, 0.1) is 10.0 Å². The van der Waals surface area contributed by atoms with Gasteiger partial charge in [-0.25, -0.2) is 0 Å². The highest BCUT2D eigenvalue weighted by molar-refractivity contribution is 6.42. The summed E-state index contributed by atoms with van der Waals surface area (Å²) in [7, 11) is 0. The van der Waals surface area contributed by atoms with Crippen LogP contribution in [0.15, 0.2) is 42.5 Å². The quantitative estimate of drug-likeness (QED) is 0.900. The molecule has 0 saturated heterocycles. The highest BCUT2D eigenvalue weighted by Gasteiger charge is 2.36. The predicted octanol–water partition coefficient (Wildman–Crippen LogP) is 4.28. The van der Waals surface area contributed by atoms with E-state index in [1.807, 2.05) is 12.1 Å². The normalized spacial score (nSPS) is 16.1. The molecule has 0 unspecified atom stereocenters. The van der Waals surface area contributed by atoms with Gasteiger partial charge in [-0.1, -0.05) is 59.6 Å². The first-order valence-corrected chi connectivity index (χ1v) is 7.59. The molecule has 3 heteroatoms. The molecule has 0 aliphatic heterocycles. The number of benzene rings is 2. The summed E-state index contributed by atoms with van der Waals surface area (Å²) >= 11 is 12.4. The monoisotopic (exact) mass is 305 g/mol. The molecular weight excluding hydrogens is 289 g/mol. The van der Waals surface area contributed by atoms with Crippen LogP contribution in [0.4, 0.5) is 0 Å². The first kappa shape index (κ1) is 13.9. The summed E-state index contributed by atoms with van der Waals surface area (Å²) in [5.74, 6) is 0. The van der Waals surface area contributed by atoms with Crippen molar-refractivity contribution in [3.8, 4) is 0 Å². The second kappa shape index (κ2) is 5.40. The van der Waals surface area contributed by atoms with Gasteiger partial charge in [-0.3, -0.25) is 0 Å². The van der Waals surface area contributed by atoms with Crippen molar-refractivity contribution < 1.29 is 0 Å². The molecule has 0 bridgehead atoms. The number of hydrogen-bond donors (Lipinski definition) is 1. The second-order valence-corrected chi connectivity index (χ2v) is 6.50. The lowest BCUT2D eigenvalue weighted by Crippen LogP contribution is -2.33. The maximum absolute atomic E-state index is 6.33. The van der Waals surface area contributed by atoms with E-state index in [2.05, 4.69) is 30.3 Å². The largest absolute Gasteiger partial charge is 0.330 e.